The Bertz CT molecular complexity index is 419. The van der Waals surface area contributed by atoms with Gasteiger partial charge in [0, 0.05) is 18.7 Å². The molecule has 2 rings (SSSR count). The minimum Gasteiger partial charge on any atom is -0.496 e. The molecule has 3 nitrogen and oxygen atoms in total. The molecule has 0 radical (unpaired) electrons. The first-order chi connectivity index (χ1) is 8.15. The van der Waals surface area contributed by atoms with Crippen molar-refractivity contribution in [3.05, 3.63) is 28.0 Å². The van der Waals surface area contributed by atoms with Gasteiger partial charge in [-0.1, -0.05) is 11.6 Å². The molecule has 0 aromatic heterocycles. The number of halogens is 2. The van der Waals surface area contributed by atoms with Crippen molar-refractivity contribution in [1.82, 2.24) is 5.32 Å². The summed E-state index contributed by atoms with van der Waals surface area (Å²) in [5, 5.41) is 3.27. The molecule has 0 amide bonds. The second-order valence-corrected chi connectivity index (χ2v) is 4.38. The lowest BCUT2D eigenvalue weighted by atomic mass is 10.0. The molecule has 1 atom stereocenters. The number of aryl methyl sites for hydroxylation is 1. The summed E-state index contributed by atoms with van der Waals surface area (Å²) in [6.45, 7) is 3.78. The molecule has 5 heteroatoms. The van der Waals surface area contributed by atoms with Crippen LogP contribution in [0.1, 0.15) is 17.2 Å². The number of hydrogen-bond acceptors (Lipinski definition) is 3. The van der Waals surface area contributed by atoms with Gasteiger partial charge in [0.1, 0.15) is 17.7 Å². The fraction of sp³-hybridized carbons (Fsp3) is 0.500. The highest BCUT2D eigenvalue weighted by Gasteiger charge is 2.25. The SMILES string of the molecule is COc1c(C)cc(F)c(Cl)c1C1CNCCO1. The molecule has 1 heterocycles. The van der Waals surface area contributed by atoms with Crippen molar-refractivity contribution < 1.29 is 13.9 Å². The van der Waals surface area contributed by atoms with E-state index in [2.05, 4.69) is 5.32 Å². The van der Waals surface area contributed by atoms with E-state index in [9.17, 15) is 4.39 Å². The summed E-state index contributed by atoms with van der Waals surface area (Å²) in [7, 11) is 1.55. The molecule has 1 unspecified atom stereocenters. The quantitative estimate of drug-likeness (QED) is 0.885. The second-order valence-electron chi connectivity index (χ2n) is 4.00. The van der Waals surface area contributed by atoms with Crippen LogP contribution in [0, 0.1) is 12.7 Å². The van der Waals surface area contributed by atoms with Gasteiger partial charge < -0.3 is 14.8 Å². The third kappa shape index (κ3) is 2.39. The van der Waals surface area contributed by atoms with Crippen LogP contribution in [0.25, 0.3) is 0 Å². The normalized spacial score (nSPS) is 20.4. The van der Waals surface area contributed by atoms with E-state index < -0.39 is 5.82 Å². The van der Waals surface area contributed by atoms with E-state index in [-0.39, 0.29) is 11.1 Å². The highest BCUT2D eigenvalue weighted by Crippen LogP contribution is 2.38. The maximum Gasteiger partial charge on any atom is 0.142 e. The molecule has 17 heavy (non-hydrogen) atoms. The van der Waals surface area contributed by atoms with Gasteiger partial charge in [0.05, 0.1) is 18.7 Å². The Morgan fingerprint density at radius 3 is 2.94 bits per heavy atom. The summed E-state index contributed by atoms with van der Waals surface area (Å²) in [6.07, 6.45) is -0.263. The smallest absolute Gasteiger partial charge is 0.142 e. The fourth-order valence-electron chi connectivity index (χ4n) is 2.07. The molecule has 1 N–H and O–H groups in total. The zero-order valence-corrected chi connectivity index (χ0v) is 10.6. The number of nitrogens with one attached hydrogen (secondary N) is 1. The van der Waals surface area contributed by atoms with Gasteiger partial charge in [0.2, 0.25) is 0 Å². The van der Waals surface area contributed by atoms with Crippen molar-refractivity contribution in [1.29, 1.82) is 0 Å². The molecular weight excluding hydrogens is 245 g/mol. The third-order valence-electron chi connectivity index (χ3n) is 2.85. The predicted molar refractivity (Wildman–Crippen MR) is 64.3 cm³/mol. The molecule has 1 aromatic carbocycles. The Kier molecular flexibility index (Phi) is 3.86. The Hall–Kier alpha value is -0.840. The van der Waals surface area contributed by atoms with Crippen LogP contribution in [0.2, 0.25) is 5.02 Å². The maximum absolute atomic E-state index is 13.6. The summed E-state index contributed by atoms with van der Waals surface area (Å²) in [5.41, 5.74) is 1.32. The summed E-state index contributed by atoms with van der Waals surface area (Å²) in [4.78, 5) is 0. The highest BCUT2D eigenvalue weighted by molar-refractivity contribution is 6.31. The van der Waals surface area contributed by atoms with Crippen molar-refractivity contribution in [3.63, 3.8) is 0 Å². The summed E-state index contributed by atoms with van der Waals surface area (Å²) in [5.74, 6) is 0.166. The summed E-state index contributed by atoms with van der Waals surface area (Å²) < 4.78 is 24.6. The number of hydrogen-bond donors (Lipinski definition) is 1. The van der Waals surface area contributed by atoms with E-state index in [0.717, 1.165) is 12.1 Å². The van der Waals surface area contributed by atoms with E-state index in [1.54, 1.807) is 14.0 Å². The van der Waals surface area contributed by atoms with Crippen molar-refractivity contribution in [2.24, 2.45) is 0 Å². The maximum atomic E-state index is 13.6. The molecule has 0 spiro atoms. The number of morpholine rings is 1. The lowest BCUT2D eigenvalue weighted by molar-refractivity contribution is 0.0261. The Labute approximate surface area is 105 Å². The number of benzene rings is 1. The highest BCUT2D eigenvalue weighted by atomic mass is 35.5. The molecule has 1 aliphatic heterocycles. The van der Waals surface area contributed by atoms with Crippen molar-refractivity contribution >= 4 is 11.6 Å². The fourth-order valence-corrected chi connectivity index (χ4v) is 2.33. The van der Waals surface area contributed by atoms with E-state index in [4.69, 9.17) is 21.1 Å². The van der Waals surface area contributed by atoms with E-state index in [0.29, 0.717) is 24.5 Å². The van der Waals surface area contributed by atoms with Crippen LogP contribution >= 0.6 is 11.6 Å². The van der Waals surface area contributed by atoms with Gasteiger partial charge in [-0.2, -0.15) is 0 Å². The Morgan fingerprint density at radius 1 is 1.59 bits per heavy atom. The van der Waals surface area contributed by atoms with Crippen LogP contribution in [0.5, 0.6) is 5.75 Å². The minimum absolute atomic E-state index is 0.0844. The van der Waals surface area contributed by atoms with Gasteiger partial charge in [0.25, 0.3) is 0 Å². The van der Waals surface area contributed by atoms with Gasteiger partial charge in [-0.15, -0.1) is 0 Å². The van der Waals surface area contributed by atoms with Gasteiger partial charge >= 0.3 is 0 Å². The van der Waals surface area contributed by atoms with E-state index in [1.807, 2.05) is 0 Å². The van der Waals surface area contributed by atoms with Crippen LogP contribution in [0.4, 0.5) is 4.39 Å². The standard InChI is InChI=1S/C12H15ClFNO2/c1-7-5-8(14)11(13)10(12(7)16-2)9-6-15-3-4-17-9/h5,9,15H,3-4,6H2,1-2H3. The van der Waals surface area contributed by atoms with Crippen molar-refractivity contribution in [2.75, 3.05) is 26.8 Å². The van der Waals surface area contributed by atoms with Gasteiger partial charge in [-0.3, -0.25) is 0 Å². The Morgan fingerprint density at radius 2 is 2.35 bits per heavy atom. The van der Waals surface area contributed by atoms with Gasteiger partial charge in [-0.05, 0) is 18.6 Å². The Balaban J connectivity index is 2.48. The van der Waals surface area contributed by atoms with Crippen LogP contribution in [0.3, 0.4) is 0 Å². The molecule has 0 saturated carbocycles. The van der Waals surface area contributed by atoms with Gasteiger partial charge in [0.15, 0.2) is 0 Å². The van der Waals surface area contributed by atoms with Crippen molar-refractivity contribution in [2.45, 2.75) is 13.0 Å². The summed E-state index contributed by atoms with van der Waals surface area (Å²) >= 11 is 6.02. The monoisotopic (exact) mass is 259 g/mol. The molecule has 1 aliphatic rings. The first-order valence-corrected chi connectivity index (χ1v) is 5.87. The van der Waals surface area contributed by atoms with Crippen molar-refractivity contribution in [3.8, 4) is 5.75 Å². The molecule has 94 valence electrons. The molecule has 1 aromatic rings. The van der Waals surface area contributed by atoms with Gasteiger partial charge in [-0.25, -0.2) is 4.39 Å². The average molecular weight is 260 g/mol. The van der Waals surface area contributed by atoms with Crippen LogP contribution in [0.15, 0.2) is 6.07 Å². The molecule has 0 bridgehead atoms. The minimum atomic E-state index is -0.436. The zero-order chi connectivity index (χ0) is 12.4. The van der Waals surface area contributed by atoms with Crippen LogP contribution in [-0.2, 0) is 4.74 Å². The molecular formula is C12H15ClFNO2. The first-order valence-electron chi connectivity index (χ1n) is 5.50. The largest absolute Gasteiger partial charge is 0.496 e. The zero-order valence-electron chi connectivity index (χ0n) is 9.85. The van der Waals surface area contributed by atoms with E-state index in [1.165, 1.54) is 6.07 Å². The number of rotatable bonds is 2. The predicted octanol–water partition coefficient (Wildman–Crippen LogP) is 2.46. The summed E-state index contributed by atoms with van der Waals surface area (Å²) in [6, 6.07) is 1.38. The molecule has 0 aliphatic carbocycles. The van der Waals surface area contributed by atoms with E-state index >= 15 is 0 Å². The first kappa shape index (κ1) is 12.6. The molecule has 1 saturated heterocycles. The van der Waals surface area contributed by atoms with Crippen LogP contribution < -0.4 is 10.1 Å². The second kappa shape index (κ2) is 5.21. The van der Waals surface area contributed by atoms with Crippen LogP contribution in [-0.4, -0.2) is 26.8 Å². The number of methoxy groups -OCH3 is 1. The lowest BCUT2D eigenvalue weighted by Crippen LogP contribution is -2.33. The molecule has 1 fully saturated rings. The topological polar surface area (TPSA) is 30.5 Å². The lowest BCUT2D eigenvalue weighted by Gasteiger charge is -2.27. The average Bonchev–Trinajstić information content (AvgIpc) is 2.34. The third-order valence-corrected chi connectivity index (χ3v) is 3.23. The number of ether oxygens (including phenoxy) is 2.